The monoisotopic (exact) mass is 215 g/mol. The zero-order valence-electron chi connectivity index (χ0n) is 11.4. The van der Waals surface area contributed by atoms with Gasteiger partial charge in [-0.15, -0.1) is 0 Å². The van der Waals surface area contributed by atoms with Crippen LogP contribution in [0, 0.1) is 5.41 Å². The summed E-state index contributed by atoms with van der Waals surface area (Å²) in [6.07, 6.45) is 2.69. The molecule has 2 heteroatoms. The molecule has 0 saturated heterocycles. The van der Waals surface area contributed by atoms with Gasteiger partial charge in [-0.3, -0.25) is 0 Å². The third-order valence-electron chi connectivity index (χ3n) is 2.95. The molecule has 0 bridgehead atoms. The summed E-state index contributed by atoms with van der Waals surface area (Å²) in [6.45, 7) is 15.1. The van der Waals surface area contributed by atoms with E-state index in [4.69, 9.17) is 4.74 Å². The maximum absolute atomic E-state index is 5.62. The Kier molecular flexibility index (Phi) is 7.20. The highest BCUT2D eigenvalue weighted by Crippen LogP contribution is 2.25. The summed E-state index contributed by atoms with van der Waals surface area (Å²) in [5.74, 6) is 0. The van der Waals surface area contributed by atoms with Gasteiger partial charge in [-0.05, 0) is 32.1 Å². The van der Waals surface area contributed by atoms with E-state index < -0.39 is 0 Å². The maximum Gasteiger partial charge on any atom is 0.0518 e. The van der Waals surface area contributed by atoms with Crippen LogP contribution in [-0.4, -0.2) is 25.3 Å². The van der Waals surface area contributed by atoms with Crippen LogP contribution < -0.4 is 5.32 Å². The first-order chi connectivity index (χ1) is 6.89. The van der Waals surface area contributed by atoms with Crippen molar-refractivity contribution < 1.29 is 4.74 Å². The Balaban J connectivity index is 3.85. The minimum absolute atomic E-state index is 0.351. The molecule has 0 aliphatic heterocycles. The zero-order chi connectivity index (χ0) is 11.9. The first-order valence-electron chi connectivity index (χ1n) is 6.24. The van der Waals surface area contributed by atoms with Crippen molar-refractivity contribution in [2.24, 2.45) is 5.41 Å². The van der Waals surface area contributed by atoms with Gasteiger partial charge in [0, 0.05) is 19.2 Å². The molecule has 1 atom stereocenters. The number of hydrogen-bond acceptors (Lipinski definition) is 2. The molecule has 0 aliphatic carbocycles. The highest BCUT2D eigenvalue weighted by Gasteiger charge is 2.21. The second kappa shape index (κ2) is 7.24. The minimum Gasteiger partial charge on any atom is -0.379 e. The fourth-order valence-electron chi connectivity index (χ4n) is 1.38. The van der Waals surface area contributed by atoms with Crippen molar-refractivity contribution in [3.63, 3.8) is 0 Å². The van der Waals surface area contributed by atoms with Crippen LogP contribution in [-0.2, 0) is 4.74 Å². The van der Waals surface area contributed by atoms with E-state index in [9.17, 15) is 0 Å². The molecule has 92 valence electrons. The molecule has 2 nitrogen and oxygen atoms in total. The summed E-state index contributed by atoms with van der Waals surface area (Å²) in [5.41, 5.74) is 0.374. The lowest BCUT2D eigenvalue weighted by molar-refractivity contribution is 0.0526. The molecule has 1 N–H and O–H groups in total. The van der Waals surface area contributed by atoms with Crippen LogP contribution in [0.1, 0.15) is 54.4 Å². The van der Waals surface area contributed by atoms with Crippen LogP contribution in [0.4, 0.5) is 0 Å². The van der Waals surface area contributed by atoms with Crippen LogP contribution in [0.2, 0.25) is 0 Å². The second-order valence-electron chi connectivity index (χ2n) is 5.37. The topological polar surface area (TPSA) is 21.3 Å². The lowest BCUT2D eigenvalue weighted by atomic mass is 9.84. The van der Waals surface area contributed by atoms with Crippen LogP contribution in [0.25, 0.3) is 0 Å². The molecular weight excluding hydrogens is 186 g/mol. The van der Waals surface area contributed by atoms with Gasteiger partial charge in [0.2, 0.25) is 0 Å². The van der Waals surface area contributed by atoms with Crippen molar-refractivity contribution in [3.05, 3.63) is 0 Å². The minimum atomic E-state index is 0.351. The molecule has 0 aliphatic rings. The van der Waals surface area contributed by atoms with Crippen molar-refractivity contribution in [2.75, 3.05) is 13.2 Å². The summed E-state index contributed by atoms with van der Waals surface area (Å²) in [7, 11) is 0. The summed E-state index contributed by atoms with van der Waals surface area (Å²) >= 11 is 0. The number of rotatable bonds is 8. The molecule has 15 heavy (non-hydrogen) atoms. The van der Waals surface area contributed by atoms with Gasteiger partial charge in [0.05, 0.1) is 6.10 Å². The lowest BCUT2D eigenvalue weighted by Crippen LogP contribution is -2.36. The summed E-state index contributed by atoms with van der Waals surface area (Å²) in [4.78, 5) is 0. The van der Waals surface area contributed by atoms with Gasteiger partial charge >= 0.3 is 0 Å². The molecule has 1 unspecified atom stereocenters. The fourth-order valence-corrected chi connectivity index (χ4v) is 1.38. The molecule has 0 aromatic rings. The third kappa shape index (κ3) is 7.80. The standard InChI is InChI=1S/C13H29NO/c1-7-13(6,10-14-11(2)3)8-9-15-12(4)5/h11-12,14H,7-10H2,1-6H3. The predicted octanol–water partition coefficient (Wildman–Crippen LogP) is 3.22. The second-order valence-corrected chi connectivity index (χ2v) is 5.37. The van der Waals surface area contributed by atoms with Crippen molar-refractivity contribution in [1.29, 1.82) is 0 Å². The predicted molar refractivity (Wildman–Crippen MR) is 67.2 cm³/mol. The number of ether oxygens (including phenoxy) is 1. The third-order valence-corrected chi connectivity index (χ3v) is 2.95. The van der Waals surface area contributed by atoms with Crippen LogP contribution in [0.15, 0.2) is 0 Å². The highest BCUT2D eigenvalue weighted by molar-refractivity contribution is 4.76. The molecular formula is C13H29NO. The van der Waals surface area contributed by atoms with Crippen molar-refractivity contribution in [1.82, 2.24) is 5.32 Å². The molecule has 0 amide bonds. The van der Waals surface area contributed by atoms with Gasteiger partial charge in [-0.1, -0.05) is 27.7 Å². The largest absolute Gasteiger partial charge is 0.379 e. The molecule has 0 heterocycles. The molecule has 0 radical (unpaired) electrons. The number of nitrogens with one attached hydrogen (secondary N) is 1. The average Bonchev–Trinajstić information content (AvgIpc) is 2.14. The van der Waals surface area contributed by atoms with E-state index in [1.54, 1.807) is 0 Å². The van der Waals surface area contributed by atoms with Crippen LogP contribution in [0.3, 0.4) is 0 Å². The molecule has 0 fully saturated rings. The van der Waals surface area contributed by atoms with Crippen LogP contribution in [0.5, 0.6) is 0 Å². The maximum atomic E-state index is 5.62. The Morgan fingerprint density at radius 2 is 1.80 bits per heavy atom. The van der Waals surface area contributed by atoms with Crippen molar-refractivity contribution >= 4 is 0 Å². The Morgan fingerprint density at radius 1 is 1.20 bits per heavy atom. The Hall–Kier alpha value is -0.0800. The summed E-state index contributed by atoms with van der Waals surface area (Å²) in [5, 5.41) is 3.52. The van der Waals surface area contributed by atoms with Crippen molar-refractivity contribution in [2.45, 2.75) is 66.5 Å². The Morgan fingerprint density at radius 3 is 2.20 bits per heavy atom. The van der Waals surface area contributed by atoms with E-state index in [-0.39, 0.29) is 0 Å². The van der Waals surface area contributed by atoms with Gasteiger partial charge in [-0.25, -0.2) is 0 Å². The van der Waals surface area contributed by atoms with Crippen LogP contribution >= 0.6 is 0 Å². The molecule has 0 spiro atoms. The normalized spacial score (nSPS) is 16.0. The van der Waals surface area contributed by atoms with Gasteiger partial charge in [0.15, 0.2) is 0 Å². The van der Waals surface area contributed by atoms with E-state index in [1.165, 1.54) is 6.42 Å². The lowest BCUT2D eigenvalue weighted by Gasteiger charge is -2.30. The van der Waals surface area contributed by atoms with Gasteiger partial charge in [0.25, 0.3) is 0 Å². The summed E-state index contributed by atoms with van der Waals surface area (Å²) < 4.78 is 5.62. The smallest absolute Gasteiger partial charge is 0.0518 e. The van der Waals surface area contributed by atoms with Gasteiger partial charge in [0.1, 0.15) is 0 Å². The van der Waals surface area contributed by atoms with E-state index >= 15 is 0 Å². The molecule has 0 aromatic carbocycles. The SMILES string of the molecule is CCC(C)(CCOC(C)C)CNC(C)C. The zero-order valence-corrected chi connectivity index (χ0v) is 11.4. The molecule has 0 aromatic heterocycles. The van der Waals surface area contributed by atoms with Gasteiger partial charge in [-0.2, -0.15) is 0 Å². The van der Waals surface area contributed by atoms with E-state index in [0.29, 0.717) is 17.6 Å². The van der Waals surface area contributed by atoms with E-state index in [1.807, 2.05) is 0 Å². The van der Waals surface area contributed by atoms with Crippen molar-refractivity contribution in [3.8, 4) is 0 Å². The van der Waals surface area contributed by atoms with Gasteiger partial charge < -0.3 is 10.1 Å². The quantitative estimate of drug-likeness (QED) is 0.671. The van der Waals surface area contributed by atoms with E-state index in [0.717, 1.165) is 19.6 Å². The number of hydrogen-bond donors (Lipinski definition) is 1. The van der Waals surface area contributed by atoms with E-state index in [2.05, 4.69) is 46.9 Å². The fraction of sp³-hybridized carbons (Fsp3) is 1.00. The molecule has 0 rings (SSSR count). The average molecular weight is 215 g/mol. The first kappa shape index (κ1) is 14.9. The summed E-state index contributed by atoms with van der Waals surface area (Å²) in [6, 6.07) is 0.571. The Labute approximate surface area is 95.8 Å². The highest BCUT2D eigenvalue weighted by atomic mass is 16.5. The Bertz CT molecular complexity index is 157. The molecule has 0 saturated carbocycles. The first-order valence-corrected chi connectivity index (χ1v) is 6.24.